The summed E-state index contributed by atoms with van der Waals surface area (Å²) in [7, 11) is 1.60. The molecule has 0 spiro atoms. The average molecular weight is 351 g/mol. The lowest BCUT2D eigenvalue weighted by Gasteiger charge is -2.07. The van der Waals surface area contributed by atoms with Crippen molar-refractivity contribution in [2.75, 3.05) is 7.11 Å². The van der Waals surface area contributed by atoms with Gasteiger partial charge in [0.25, 0.3) is 5.91 Å². The van der Waals surface area contributed by atoms with Gasteiger partial charge < -0.3 is 20.2 Å². The fourth-order valence-corrected chi connectivity index (χ4v) is 2.57. The van der Waals surface area contributed by atoms with E-state index in [-0.39, 0.29) is 11.6 Å². The van der Waals surface area contributed by atoms with Gasteiger partial charge in [-0.3, -0.25) is 4.79 Å². The van der Waals surface area contributed by atoms with Gasteiger partial charge in [0.05, 0.1) is 13.2 Å². The average Bonchev–Trinajstić information content (AvgIpc) is 3.17. The topological polar surface area (TPSA) is 90.4 Å². The summed E-state index contributed by atoms with van der Waals surface area (Å²) < 4.78 is 10.6. The quantitative estimate of drug-likeness (QED) is 0.683. The lowest BCUT2D eigenvalue weighted by atomic mass is 10.1. The summed E-state index contributed by atoms with van der Waals surface area (Å²) in [6.07, 6.45) is 1.92. The number of rotatable bonds is 7. The molecule has 3 rings (SSSR count). The Bertz CT molecular complexity index is 862. The van der Waals surface area contributed by atoms with Crippen molar-refractivity contribution in [1.82, 2.24) is 10.3 Å². The number of amides is 1. The standard InChI is InChI=1S/C20H21N3O3/c1-25-16-9-5-8-15(10-16)12-22-19(24)18-13-26-20(23-18)17(21)11-14-6-3-2-4-7-14/h2-10,13,17H,11-12,21H2,1H3,(H,22,24). The highest BCUT2D eigenvalue weighted by atomic mass is 16.5. The Morgan fingerprint density at radius 3 is 2.73 bits per heavy atom. The Kier molecular flexibility index (Phi) is 5.66. The molecular formula is C20H21N3O3. The van der Waals surface area contributed by atoms with Gasteiger partial charge in [0.1, 0.15) is 12.0 Å². The number of oxazole rings is 1. The molecule has 0 aliphatic heterocycles. The molecule has 0 radical (unpaired) electrons. The molecule has 1 heterocycles. The third-order valence-electron chi connectivity index (χ3n) is 3.96. The Balaban J connectivity index is 1.58. The monoisotopic (exact) mass is 351 g/mol. The van der Waals surface area contributed by atoms with Crippen molar-refractivity contribution < 1.29 is 13.9 Å². The zero-order valence-corrected chi connectivity index (χ0v) is 14.5. The maximum Gasteiger partial charge on any atom is 0.273 e. The van der Waals surface area contributed by atoms with Crippen LogP contribution in [0, 0.1) is 0 Å². The Morgan fingerprint density at radius 2 is 1.96 bits per heavy atom. The zero-order valence-electron chi connectivity index (χ0n) is 14.5. The SMILES string of the molecule is COc1cccc(CNC(=O)c2coc(C(N)Cc3ccccc3)n2)c1. The number of carbonyl (C=O) groups excluding carboxylic acids is 1. The maximum absolute atomic E-state index is 12.3. The molecule has 6 nitrogen and oxygen atoms in total. The summed E-state index contributed by atoms with van der Waals surface area (Å²) in [5, 5.41) is 2.81. The molecule has 0 aliphatic rings. The van der Waals surface area contributed by atoms with Gasteiger partial charge in [-0.2, -0.15) is 0 Å². The largest absolute Gasteiger partial charge is 0.497 e. The van der Waals surface area contributed by atoms with Gasteiger partial charge in [0, 0.05) is 6.54 Å². The fourth-order valence-electron chi connectivity index (χ4n) is 2.57. The number of carbonyl (C=O) groups is 1. The van der Waals surface area contributed by atoms with Crippen molar-refractivity contribution in [2.45, 2.75) is 19.0 Å². The molecule has 0 saturated carbocycles. The predicted octanol–water partition coefficient (Wildman–Crippen LogP) is 2.86. The molecule has 1 aromatic heterocycles. The summed E-state index contributed by atoms with van der Waals surface area (Å²) in [6, 6.07) is 16.9. The van der Waals surface area contributed by atoms with Gasteiger partial charge in [-0.25, -0.2) is 4.98 Å². The molecule has 3 aromatic rings. The number of benzene rings is 2. The minimum absolute atomic E-state index is 0.214. The van der Waals surface area contributed by atoms with Crippen LogP contribution >= 0.6 is 0 Å². The van der Waals surface area contributed by atoms with E-state index < -0.39 is 6.04 Å². The lowest BCUT2D eigenvalue weighted by Crippen LogP contribution is -2.23. The van der Waals surface area contributed by atoms with Crippen LogP contribution in [-0.4, -0.2) is 18.0 Å². The molecule has 0 saturated heterocycles. The molecule has 6 heteroatoms. The molecule has 0 fully saturated rings. The van der Waals surface area contributed by atoms with E-state index in [9.17, 15) is 4.79 Å². The molecule has 1 atom stereocenters. The van der Waals surface area contributed by atoms with E-state index in [1.54, 1.807) is 7.11 Å². The van der Waals surface area contributed by atoms with Crippen LogP contribution in [0.4, 0.5) is 0 Å². The molecule has 134 valence electrons. The van der Waals surface area contributed by atoms with Gasteiger partial charge >= 0.3 is 0 Å². The van der Waals surface area contributed by atoms with Crippen LogP contribution in [0.25, 0.3) is 0 Å². The van der Waals surface area contributed by atoms with Crippen molar-refractivity contribution in [2.24, 2.45) is 5.73 Å². The molecule has 1 amide bonds. The van der Waals surface area contributed by atoms with Gasteiger partial charge in [0.15, 0.2) is 5.69 Å². The fraction of sp³-hybridized carbons (Fsp3) is 0.200. The molecule has 3 N–H and O–H groups in total. The number of ether oxygens (including phenoxy) is 1. The van der Waals surface area contributed by atoms with Crippen molar-refractivity contribution in [3.63, 3.8) is 0 Å². The second-order valence-corrected chi connectivity index (χ2v) is 5.90. The number of aromatic nitrogens is 1. The highest BCUT2D eigenvalue weighted by Gasteiger charge is 2.17. The van der Waals surface area contributed by atoms with Gasteiger partial charge in [-0.05, 0) is 29.7 Å². The zero-order chi connectivity index (χ0) is 18.4. The number of methoxy groups -OCH3 is 1. The van der Waals surface area contributed by atoms with E-state index in [1.165, 1.54) is 6.26 Å². The first-order valence-electron chi connectivity index (χ1n) is 8.32. The maximum atomic E-state index is 12.3. The number of nitrogens with two attached hydrogens (primary N) is 1. The molecule has 1 unspecified atom stereocenters. The second-order valence-electron chi connectivity index (χ2n) is 5.90. The van der Waals surface area contributed by atoms with Crippen molar-refractivity contribution in [3.05, 3.63) is 83.6 Å². The van der Waals surface area contributed by atoms with E-state index in [4.69, 9.17) is 14.9 Å². The summed E-state index contributed by atoms with van der Waals surface area (Å²) in [5.74, 6) is 0.780. The van der Waals surface area contributed by atoms with Crippen molar-refractivity contribution in [3.8, 4) is 5.75 Å². The number of nitrogens with one attached hydrogen (secondary N) is 1. The van der Waals surface area contributed by atoms with Crippen LogP contribution in [0.2, 0.25) is 0 Å². The van der Waals surface area contributed by atoms with E-state index in [0.29, 0.717) is 18.9 Å². The highest BCUT2D eigenvalue weighted by molar-refractivity contribution is 5.91. The summed E-state index contributed by atoms with van der Waals surface area (Å²) in [6.45, 7) is 0.369. The highest BCUT2D eigenvalue weighted by Crippen LogP contribution is 2.16. The minimum Gasteiger partial charge on any atom is -0.497 e. The van der Waals surface area contributed by atoms with Crippen molar-refractivity contribution in [1.29, 1.82) is 0 Å². The molecule has 0 aliphatic carbocycles. The number of hydrogen-bond acceptors (Lipinski definition) is 5. The van der Waals surface area contributed by atoms with Gasteiger partial charge in [0.2, 0.25) is 5.89 Å². The summed E-state index contributed by atoms with van der Waals surface area (Å²) in [5.41, 5.74) is 8.37. The van der Waals surface area contributed by atoms with Crippen LogP contribution in [-0.2, 0) is 13.0 Å². The van der Waals surface area contributed by atoms with Crippen LogP contribution in [0.15, 0.2) is 65.3 Å². The Hall–Kier alpha value is -3.12. The summed E-state index contributed by atoms with van der Waals surface area (Å²) in [4.78, 5) is 16.5. The van der Waals surface area contributed by atoms with Crippen LogP contribution in [0.5, 0.6) is 5.75 Å². The molecule has 0 bridgehead atoms. The van der Waals surface area contributed by atoms with E-state index in [0.717, 1.165) is 16.9 Å². The minimum atomic E-state index is -0.405. The molecular weight excluding hydrogens is 330 g/mol. The molecule has 2 aromatic carbocycles. The second kappa shape index (κ2) is 8.31. The third-order valence-corrected chi connectivity index (χ3v) is 3.96. The number of nitrogens with zero attached hydrogens (tertiary/aromatic N) is 1. The van der Waals surface area contributed by atoms with E-state index in [1.807, 2.05) is 54.6 Å². The van der Waals surface area contributed by atoms with E-state index in [2.05, 4.69) is 10.3 Å². The van der Waals surface area contributed by atoms with Crippen LogP contribution in [0.3, 0.4) is 0 Å². The first-order valence-corrected chi connectivity index (χ1v) is 8.32. The summed E-state index contributed by atoms with van der Waals surface area (Å²) >= 11 is 0. The van der Waals surface area contributed by atoms with Gasteiger partial charge in [-0.15, -0.1) is 0 Å². The first kappa shape index (κ1) is 17.7. The smallest absolute Gasteiger partial charge is 0.273 e. The normalized spacial score (nSPS) is 11.8. The van der Waals surface area contributed by atoms with Crippen molar-refractivity contribution >= 4 is 5.91 Å². The Morgan fingerprint density at radius 1 is 1.19 bits per heavy atom. The van der Waals surface area contributed by atoms with Crippen LogP contribution < -0.4 is 15.8 Å². The lowest BCUT2D eigenvalue weighted by molar-refractivity contribution is 0.0946. The Labute approximate surface area is 152 Å². The third kappa shape index (κ3) is 4.49. The van der Waals surface area contributed by atoms with Crippen LogP contribution in [0.1, 0.15) is 33.5 Å². The number of hydrogen-bond donors (Lipinski definition) is 2. The predicted molar refractivity (Wildman–Crippen MR) is 97.7 cm³/mol. The molecule has 26 heavy (non-hydrogen) atoms. The van der Waals surface area contributed by atoms with E-state index >= 15 is 0 Å². The van der Waals surface area contributed by atoms with Gasteiger partial charge in [-0.1, -0.05) is 42.5 Å². The first-order chi connectivity index (χ1) is 12.7.